The molecule has 0 aromatic carbocycles. The van der Waals surface area contributed by atoms with E-state index >= 15 is 0 Å². The fraction of sp³-hybridized carbons (Fsp3) is 0.909. The molecule has 2 fully saturated rings. The molecular weight excluding hydrogens is 194 g/mol. The Morgan fingerprint density at radius 3 is 2.93 bits per heavy atom. The third-order valence-corrected chi connectivity index (χ3v) is 3.81. The lowest BCUT2D eigenvalue weighted by Crippen LogP contribution is -2.52. The Labute approximate surface area is 90.2 Å². The second-order valence-corrected chi connectivity index (χ2v) is 4.51. The molecule has 0 unspecified atom stereocenters. The van der Waals surface area contributed by atoms with Crippen LogP contribution >= 0.6 is 0 Å². The van der Waals surface area contributed by atoms with Crippen molar-refractivity contribution in [2.75, 3.05) is 20.3 Å². The number of methoxy groups -OCH3 is 1. The summed E-state index contributed by atoms with van der Waals surface area (Å²) in [6.07, 6.45) is 4.01. The van der Waals surface area contributed by atoms with Gasteiger partial charge >= 0.3 is 5.97 Å². The van der Waals surface area contributed by atoms with E-state index in [1.54, 1.807) is 0 Å². The van der Waals surface area contributed by atoms with E-state index in [0.29, 0.717) is 12.0 Å². The molecule has 0 radical (unpaired) electrons. The van der Waals surface area contributed by atoms with Crippen molar-refractivity contribution >= 4 is 5.97 Å². The summed E-state index contributed by atoms with van der Waals surface area (Å²) in [7, 11) is 1.45. The highest BCUT2D eigenvalue weighted by Gasteiger charge is 2.42. The number of aliphatic hydroxyl groups excluding tert-OH is 1. The van der Waals surface area contributed by atoms with Gasteiger partial charge < -0.3 is 9.84 Å². The standard InChI is InChI=1S/C11H19NO3/c1-15-11(14)10-5-4-8(7-13)9-3-2-6-12(9)10/h8-10,13H,2-7H2,1H3/t8-,9-,10-/m0/s1. The van der Waals surface area contributed by atoms with E-state index in [0.717, 1.165) is 32.2 Å². The smallest absolute Gasteiger partial charge is 0.323 e. The highest BCUT2D eigenvalue weighted by atomic mass is 16.5. The Morgan fingerprint density at radius 2 is 2.27 bits per heavy atom. The van der Waals surface area contributed by atoms with Gasteiger partial charge in [-0.2, -0.15) is 0 Å². The Hall–Kier alpha value is -0.610. The molecule has 0 spiro atoms. The van der Waals surface area contributed by atoms with Gasteiger partial charge in [-0.05, 0) is 38.1 Å². The molecule has 2 heterocycles. The third kappa shape index (κ3) is 1.88. The number of ether oxygens (including phenoxy) is 1. The van der Waals surface area contributed by atoms with Crippen molar-refractivity contribution in [2.45, 2.75) is 37.8 Å². The maximum Gasteiger partial charge on any atom is 0.323 e. The first-order chi connectivity index (χ1) is 7.27. The SMILES string of the molecule is COC(=O)[C@@H]1CC[C@@H](CO)[C@@H]2CCCN12. The Kier molecular flexibility index (Phi) is 3.26. The molecule has 0 saturated carbocycles. The molecule has 86 valence electrons. The minimum atomic E-state index is -0.113. The molecule has 2 saturated heterocycles. The zero-order valence-corrected chi connectivity index (χ0v) is 9.19. The van der Waals surface area contributed by atoms with Gasteiger partial charge in [-0.1, -0.05) is 0 Å². The van der Waals surface area contributed by atoms with Crippen molar-refractivity contribution < 1.29 is 14.6 Å². The first kappa shape index (κ1) is 10.9. The number of rotatable bonds is 2. The summed E-state index contributed by atoms with van der Waals surface area (Å²) in [6.45, 7) is 1.22. The Balaban J connectivity index is 2.08. The third-order valence-electron chi connectivity index (χ3n) is 3.81. The second-order valence-electron chi connectivity index (χ2n) is 4.51. The number of fused-ring (bicyclic) bond motifs is 1. The molecule has 4 heteroatoms. The van der Waals surface area contributed by atoms with Crippen molar-refractivity contribution in [3.63, 3.8) is 0 Å². The van der Waals surface area contributed by atoms with Gasteiger partial charge in [0.2, 0.25) is 0 Å². The van der Waals surface area contributed by atoms with E-state index in [1.165, 1.54) is 7.11 Å². The number of carbonyl (C=O) groups excluding carboxylic acids is 1. The predicted molar refractivity (Wildman–Crippen MR) is 55.3 cm³/mol. The number of esters is 1. The highest BCUT2D eigenvalue weighted by molar-refractivity contribution is 5.75. The zero-order chi connectivity index (χ0) is 10.8. The van der Waals surface area contributed by atoms with Crippen molar-refractivity contribution in [2.24, 2.45) is 5.92 Å². The number of nitrogens with zero attached hydrogens (tertiary/aromatic N) is 1. The van der Waals surface area contributed by atoms with Crippen LogP contribution in [0.1, 0.15) is 25.7 Å². The van der Waals surface area contributed by atoms with Crippen molar-refractivity contribution in [1.82, 2.24) is 4.90 Å². The van der Waals surface area contributed by atoms with Gasteiger partial charge in [0.1, 0.15) is 6.04 Å². The van der Waals surface area contributed by atoms with Crippen LogP contribution in [0.5, 0.6) is 0 Å². The number of aliphatic hydroxyl groups is 1. The van der Waals surface area contributed by atoms with Crippen LogP contribution in [0.15, 0.2) is 0 Å². The summed E-state index contributed by atoms with van der Waals surface area (Å²) >= 11 is 0. The lowest BCUT2D eigenvalue weighted by Gasteiger charge is -2.40. The van der Waals surface area contributed by atoms with Crippen LogP contribution in [0.3, 0.4) is 0 Å². The predicted octanol–water partition coefficient (Wildman–Crippen LogP) is 0.395. The zero-order valence-electron chi connectivity index (χ0n) is 9.19. The summed E-state index contributed by atoms with van der Waals surface area (Å²) in [6, 6.07) is 0.332. The van der Waals surface area contributed by atoms with E-state index in [-0.39, 0.29) is 18.6 Å². The quantitative estimate of drug-likeness (QED) is 0.674. The molecular formula is C11H19NO3. The summed E-state index contributed by atoms with van der Waals surface area (Å²) in [4.78, 5) is 13.8. The summed E-state index contributed by atoms with van der Waals surface area (Å²) in [5.74, 6) is 0.242. The minimum Gasteiger partial charge on any atom is -0.468 e. The molecule has 2 aliphatic heterocycles. The average molecular weight is 213 g/mol. The van der Waals surface area contributed by atoms with Gasteiger partial charge in [-0.3, -0.25) is 9.69 Å². The molecule has 0 aromatic heterocycles. The average Bonchev–Trinajstić information content (AvgIpc) is 2.75. The van der Waals surface area contributed by atoms with E-state index in [9.17, 15) is 9.90 Å². The molecule has 4 nitrogen and oxygen atoms in total. The lowest BCUT2D eigenvalue weighted by molar-refractivity contribution is -0.150. The molecule has 15 heavy (non-hydrogen) atoms. The maximum absolute atomic E-state index is 11.6. The van der Waals surface area contributed by atoms with Crippen LogP contribution in [0.4, 0.5) is 0 Å². The van der Waals surface area contributed by atoms with Crippen molar-refractivity contribution in [3.05, 3.63) is 0 Å². The van der Waals surface area contributed by atoms with Crippen molar-refractivity contribution in [1.29, 1.82) is 0 Å². The monoisotopic (exact) mass is 213 g/mol. The summed E-state index contributed by atoms with van der Waals surface area (Å²) < 4.78 is 4.82. The Bertz CT molecular complexity index is 244. The molecule has 2 aliphatic rings. The minimum absolute atomic E-state index is 0.0645. The van der Waals surface area contributed by atoms with E-state index in [4.69, 9.17) is 4.74 Å². The lowest BCUT2D eigenvalue weighted by atomic mass is 9.86. The second kappa shape index (κ2) is 4.49. The number of piperidine rings is 1. The van der Waals surface area contributed by atoms with Gasteiger partial charge in [-0.15, -0.1) is 0 Å². The van der Waals surface area contributed by atoms with Gasteiger partial charge in [0.15, 0.2) is 0 Å². The number of hydrogen-bond acceptors (Lipinski definition) is 4. The van der Waals surface area contributed by atoms with Gasteiger partial charge in [0, 0.05) is 12.6 Å². The van der Waals surface area contributed by atoms with Crippen LogP contribution in [-0.2, 0) is 9.53 Å². The van der Waals surface area contributed by atoms with Crippen LogP contribution < -0.4 is 0 Å². The van der Waals surface area contributed by atoms with E-state index in [1.807, 2.05) is 0 Å². The molecule has 3 atom stereocenters. The van der Waals surface area contributed by atoms with Crippen LogP contribution in [-0.4, -0.2) is 48.3 Å². The fourth-order valence-electron chi connectivity index (χ4n) is 3.04. The van der Waals surface area contributed by atoms with Gasteiger partial charge in [0.05, 0.1) is 7.11 Å². The topological polar surface area (TPSA) is 49.8 Å². The normalized spacial score (nSPS) is 36.3. The summed E-state index contributed by atoms with van der Waals surface area (Å²) in [5, 5.41) is 9.28. The van der Waals surface area contributed by atoms with Gasteiger partial charge in [-0.25, -0.2) is 0 Å². The molecule has 0 aromatic rings. The fourth-order valence-corrected chi connectivity index (χ4v) is 3.04. The first-order valence-corrected chi connectivity index (χ1v) is 5.72. The first-order valence-electron chi connectivity index (χ1n) is 5.72. The molecule has 0 aliphatic carbocycles. The van der Waals surface area contributed by atoms with Crippen LogP contribution in [0.25, 0.3) is 0 Å². The van der Waals surface area contributed by atoms with Crippen LogP contribution in [0.2, 0.25) is 0 Å². The largest absolute Gasteiger partial charge is 0.468 e. The molecule has 0 amide bonds. The maximum atomic E-state index is 11.6. The highest BCUT2D eigenvalue weighted by Crippen LogP contribution is 2.35. The summed E-state index contributed by atoms with van der Waals surface area (Å²) in [5.41, 5.74) is 0. The Morgan fingerprint density at radius 1 is 1.47 bits per heavy atom. The van der Waals surface area contributed by atoms with E-state index in [2.05, 4.69) is 4.90 Å². The van der Waals surface area contributed by atoms with Gasteiger partial charge in [0.25, 0.3) is 0 Å². The molecule has 0 bridgehead atoms. The number of hydrogen-bond donors (Lipinski definition) is 1. The molecule has 2 rings (SSSR count). The van der Waals surface area contributed by atoms with Crippen molar-refractivity contribution in [3.8, 4) is 0 Å². The van der Waals surface area contributed by atoms with E-state index < -0.39 is 0 Å². The number of carbonyl (C=O) groups is 1. The molecule has 1 N–H and O–H groups in total. The van der Waals surface area contributed by atoms with Crippen LogP contribution in [0, 0.1) is 5.92 Å².